The molecule has 0 aromatic carbocycles. The summed E-state index contributed by atoms with van der Waals surface area (Å²) in [5.41, 5.74) is 0. The summed E-state index contributed by atoms with van der Waals surface area (Å²) in [7, 11) is 0. The van der Waals surface area contributed by atoms with Gasteiger partial charge in [0.05, 0.1) is 0 Å². The van der Waals surface area contributed by atoms with Crippen LogP contribution in [0.15, 0.2) is 6.07 Å². The third-order valence-corrected chi connectivity index (χ3v) is 3.98. The predicted octanol–water partition coefficient (Wildman–Crippen LogP) is 2.55. The Morgan fingerprint density at radius 3 is 3.06 bits per heavy atom. The maximum atomic E-state index is 4.57. The second-order valence-corrected chi connectivity index (χ2v) is 5.76. The molecule has 2 heterocycles. The van der Waals surface area contributed by atoms with Gasteiger partial charge >= 0.3 is 0 Å². The molecule has 0 atom stereocenters. The summed E-state index contributed by atoms with van der Waals surface area (Å²) >= 11 is 2.04. The lowest BCUT2D eigenvalue weighted by molar-refractivity contribution is 0.793. The van der Waals surface area contributed by atoms with Gasteiger partial charge in [0.25, 0.3) is 0 Å². The lowest BCUT2D eigenvalue weighted by Gasteiger charge is -2.22. The van der Waals surface area contributed by atoms with Gasteiger partial charge in [0, 0.05) is 31.5 Å². The zero-order chi connectivity index (χ0) is 12.8. The Labute approximate surface area is 114 Å². The topological polar surface area (TPSA) is 41.0 Å². The molecule has 1 aliphatic heterocycles. The number of aryl methyl sites for hydroxylation is 1. The van der Waals surface area contributed by atoms with Gasteiger partial charge in [-0.05, 0) is 25.5 Å². The number of nitrogens with one attached hydrogen (secondary N) is 1. The van der Waals surface area contributed by atoms with Gasteiger partial charge < -0.3 is 10.2 Å². The average molecular weight is 266 g/mol. The van der Waals surface area contributed by atoms with Crippen LogP contribution in [-0.4, -0.2) is 41.1 Å². The Kier molecular flexibility index (Phi) is 5.11. The standard InChI is InChI=1S/C13H22N4S/c1-3-5-14-12-10-13(16-11(2)15-12)17-6-4-8-18-9-7-17/h10H,3-9H2,1-2H3,(H,14,15,16). The summed E-state index contributed by atoms with van der Waals surface area (Å²) in [6.45, 7) is 7.29. The Balaban J connectivity index is 2.12. The molecule has 18 heavy (non-hydrogen) atoms. The van der Waals surface area contributed by atoms with Crippen LogP contribution in [0.4, 0.5) is 11.6 Å². The molecule has 4 nitrogen and oxygen atoms in total. The third kappa shape index (κ3) is 3.77. The number of hydrogen-bond donors (Lipinski definition) is 1. The molecule has 1 fully saturated rings. The lowest BCUT2D eigenvalue weighted by atomic mass is 10.3. The first-order valence-electron chi connectivity index (χ1n) is 6.72. The van der Waals surface area contributed by atoms with E-state index in [0.29, 0.717) is 0 Å². The fourth-order valence-corrected chi connectivity index (χ4v) is 2.92. The van der Waals surface area contributed by atoms with Crippen molar-refractivity contribution in [2.24, 2.45) is 0 Å². The fraction of sp³-hybridized carbons (Fsp3) is 0.692. The smallest absolute Gasteiger partial charge is 0.134 e. The van der Waals surface area contributed by atoms with E-state index in [1.807, 2.05) is 18.7 Å². The molecule has 1 aromatic rings. The van der Waals surface area contributed by atoms with Crippen LogP contribution in [0.3, 0.4) is 0 Å². The number of thioether (sulfide) groups is 1. The van der Waals surface area contributed by atoms with Gasteiger partial charge in [0.2, 0.25) is 0 Å². The summed E-state index contributed by atoms with van der Waals surface area (Å²) in [4.78, 5) is 11.4. The molecule has 0 unspecified atom stereocenters. The minimum Gasteiger partial charge on any atom is -0.370 e. The fourth-order valence-electron chi connectivity index (χ4n) is 2.03. The van der Waals surface area contributed by atoms with Crippen molar-refractivity contribution in [2.75, 3.05) is 41.4 Å². The number of rotatable bonds is 4. The first-order chi connectivity index (χ1) is 8.79. The van der Waals surface area contributed by atoms with Crippen molar-refractivity contribution in [3.05, 3.63) is 11.9 Å². The zero-order valence-electron chi connectivity index (χ0n) is 11.3. The summed E-state index contributed by atoms with van der Waals surface area (Å²) in [6.07, 6.45) is 2.35. The van der Waals surface area contributed by atoms with E-state index in [1.165, 1.54) is 17.9 Å². The van der Waals surface area contributed by atoms with E-state index in [0.717, 1.165) is 43.5 Å². The van der Waals surface area contributed by atoms with Gasteiger partial charge in [-0.2, -0.15) is 11.8 Å². The predicted molar refractivity (Wildman–Crippen MR) is 79.7 cm³/mol. The summed E-state index contributed by atoms with van der Waals surface area (Å²) in [5.74, 6) is 5.34. The summed E-state index contributed by atoms with van der Waals surface area (Å²) in [6, 6.07) is 2.08. The second kappa shape index (κ2) is 6.83. The molecule has 1 aliphatic rings. The second-order valence-electron chi connectivity index (χ2n) is 4.54. The van der Waals surface area contributed by atoms with Crippen molar-refractivity contribution in [1.82, 2.24) is 9.97 Å². The van der Waals surface area contributed by atoms with Crippen molar-refractivity contribution >= 4 is 23.4 Å². The number of anilines is 2. The van der Waals surface area contributed by atoms with Crippen LogP contribution in [0, 0.1) is 6.92 Å². The number of nitrogens with zero attached hydrogens (tertiary/aromatic N) is 3. The van der Waals surface area contributed by atoms with Crippen LogP contribution >= 0.6 is 11.8 Å². The van der Waals surface area contributed by atoms with E-state index in [2.05, 4.69) is 33.2 Å². The largest absolute Gasteiger partial charge is 0.370 e. The van der Waals surface area contributed by atoms with Crippen LogP contribution in [-0.2, 0) is 0 Å². The average Bonchev–Trinajstić information content (AvgIpc) is 2.64. The molecule has 1 N–H and O–H groups in total. The van der Waals surface area contributed by atoms with Crippen LogP contribution in [0.2, 0.25) is 0 Å². The molecular weight excluding hydrogens is 244 g/mol. The van der Waals surface area contributed by atoms with E-state index < -0.39 is 0 Å². The first kappa shape index (κ1) is 13.5. The molecule has 1 aromatic heterocycles. The minimum atomic E-state index is 0.850. The van der Waals surface area contributed by atoms with Gasteiger partial charge in [-0.1, -0.05) is 6.92 Å². The zero-order valence-corrected chi connectivity index (χ0v) is 12.1. The lowest BCUT2D eigenvalue weighted by Crippen LogP contribution is -2.27. The molecule has 2 rings (SSSR count). The van der Waals surface area contributed by atoms with Gasteiger partial charge in [0.15, 0.2) is 0 Å². The van der Waals surface area contributed by atoms with Gasteiger partial charge in [-0.15, -0.1) is 0 Å². The van der Waals surface area contributed by atoms with E-state index in [1.54, 1.807) is 0 Å². The van der Waals surface area contributed by atoms with E-state index in [9.17, 15) is 0 Å². The molecule has 100 valence electrons. The summed E-state index contributed by atoms with van der Waals surface area (Å²) in [5, 5.41) is 3.35. The maximum absolute atomic E-state index is 4.57. The van der Waals surface area contributed by atoms with Gasteiger partial charge in [-0.3, -0.25) is 0 Å². The van der Waals surface area contributed by atoms with E-state index in [4.69, 9.17) is 0 Å². The molecule has 0 spiro atoms. The van der Waals surface area contributed by atoms with Crippen LogP contribution in [0.5, 0.6) is 0 Å². The Hall–Kier alpha value is -0.970. The SMILES string of the molecule is CCCNc1cc(N2CCCSCC2)nc(C)n1. The van der Waals surface area contributed by atoms with E-state index >= 15 is 0 Å². The van der Waals surface area contributed by atoms with Gasteiger partial charge in [0.1, 0.15) is 17.5 Å². The molecule has 5 heteroatoms. The highest BCUT2D eigenvalue weighted by molar-refractivity contribution is 7.99. The Morgan fingerprint density at radius 2 is 2.22 bits per heavy atom. The molecule has 1 saturated heterocycles. The number of hydrogen-bond acceptors (Lipinski definition) is 5. The van der Waals surface area contributed by atoms with Crippen molar-refractivity contribution in [3.8, 4) is 0 Å². The Morgan fingerprint density at radius 1 is 1.33 bits per heavy atom. The van der Waals surface area contributed by atoms with Crippen LogP contribution in [0.25, 0.3) is 0 Å². The molecular formula is C13H22N4S. The molecule has 0 radical (unpaired) electrons. The highest BCUT2D eigenvalue weighted by Crippen LogP contribution is 2.19. The molecule has 0 saturated carbocycles. The number of aromatic nitrogens is 2. The molecule has 0 amide bonds. The van der Waals surface area contributed by atoms with Crippen LogP contribution in [0.1, 0.15) is 25.6 Å². The minimum absolute atomic E-state index is 0.850. The van der Waals surface area contributed by atoms with Crippen molar-refractivity contribution in [3.63, 3.8) is 0 Å². The van der Waals surface area contributed by atoms with Crippen molar-refractivity contribution in [2.45, 2.75) is 26.7 Å². The maximum Gasteiger partial charge on any atom is 0.134 e. The Bertz CT molecular complexity index is 375. The van der Waals surface area contributed by atoms with Crippen molar-refractivity contribution < 1.29 is 0 Å². The highest BCUT2D eigenvalue weighted by Gasteiger charge is 2.12. The summed E-state index contributed by atoms with van der Waals surface area (Å²) < 4.78 is 0. The molecule has 0 aliphatic carbocycles. The first-order valence-corrected chi connectivity index (χ1v) is 7.87. The van der Waals surface area contributed by atoms with E-state index in [-0.39, 0.29) is 0 Å². The van der Waals surface area contributed by atoms with Crippen LogP contribution < -0.4 is 10.2 Å². The third-order valence-electron chi connectivity index (χ3n) is 2.93. The molecule has 0 bridgehead atoms. The van der Waals surface area contributed by atoms with Gasteiger partial charge in [-0.25, -0.2) is 9.97 Å². The van der Waals surface area contributed by atoms with Crippen molar-refractivity contribution in [1.29, 1.82) is 0 Å². The quantitative estimate of drug-likeness (QED) is 0.907. The normalized spacial score (nSPS) is 16.4. The monoisotopic (exact) mass is 266 g/mol. The highest BCUT2D eigenvalue weighted by atomic mass is 32.2.